The minimum Gasteiger partial charge on any atom is -0.471 e. The van der Waals surface area contributed by atoms with Gasteiger partial charge >= 0.3 is 0 Å². The van der Waals surface area contributed by atoms with Gasteiger partial charge in [0.1, 0.15) is 6.61 Å². The highest BCUT2D eigenvalue weighted by Crippen LogP contribution is 2.19. The zero-order valence-corrected chi connectivity index (χ0v) is 13.4. The number of thioether (sulfide) groups is 1. The highest BCUT2D eigenvalue weighted by Gasteiger charge is 2.08. The maximum Gasteiger partial charge on any atom is 0.218 e. The Morgan fingerprint density at radius 1 is 1.23 bits per heavy atom. The van der Waals surface area contributed by atoms with E-state index in [9.17, 15) is 0 Å². The van der Waals surface area contributed by atoms with Crippen molar-refractivity contribution < 1.29 is 4.74 Å². The first-order chi connectivity index (χ1) is 10.8. The lowest BCUT2D eigenvalue weighted by molar-refractivity contribution is 0.280. The topological polar surface area (TPSA) is 65.2 Å². The van der Waals surface area contributed by atoms with Crippen LogP contribution >= 0.6 is 11.8 Å². The van der Waals surface area contributed by atoms with Crippen LogP contribution in [-0.2, 0) is 12.4 Å². The molecule has 0 aromatic carbocycles. The standard InChI is InChI=1S/C15H17N5OS/c1-3-22-10-12-6-15(20-14(19-12)4-5-18-20)21-9-13-8-16-11(2)7-17-13/h4-8H,3,9-10H2,1-2H3. The van der Waals surface area contributed by atoms with Gasteiger partial charge in [-0.3, -0.25) is 9.97 Å². The van der Waals surface area contributed by atoms with Crippen LogP contribution in [-0.4, -0.2) is 30.3 Å². The summed E-state index contributed by atoms with van der Waals surface area (Å²) in [5.41, 5.74) is 3.46. The number of ether oxygens (including phenoxy) is 1. The van der Waals surface area contributed by atoms with Crippen LogP contribution in [0.3, 0.4) is 0 Å². The fraction of sp³-hybridized carbons (Fsp3) is 0.333. The van der Waals surface area contributed by atoms with Crippen LogP contribution in [0.25, 0.3) is 5.65 Å². The molecule has 3 heterocycles. The Morgan fingerprint density at radius 3 is 2.91 bits per heavy atom. The molecule has 0 saturated carbocycles. The summed E-state index contributed by atoms with van der Waals surface area (Å²) in [5.74, 6) is 2.59. The average Bonchev–Trinajstić information content (AvgIpc) is 3.00. The molecule has 0 N–H and O–H groups in total. The van der Waals surface area contributed by atoms with Gasteiger partial charge in [-0.05, 0) is 12.7 Å². The molecule has 0 fully saturated rings. The normalized spacial score (nSPS) is 11.0. The van der Waals surface area contributed by atoms with Gasteiger partial charge in [-0.15, -0.1) is 0 Å². The van der Waals surface area contributed by atoms with Gasteiger partial charge in [0.2, 0.25) is 5.88 Å². The van der Waals surface area contributed by atoms with Crippen LogP contribution < -0.4 is 4.74 Å². The summed E-state index contributed by atoms with van der Waals surface area (Å²) in [5, 5.41) is 4.25. The third kappa shape index (κ3) is 3.36. The Labute approximate surface area is 133 Å². The second kappa shape index (κ2) is 6.74. The van der Waals surface area contributed by atoms with E-state index < -0.39 is 0 Å². The van der Waals surface area contributed by atoms with Crippen LogP contribution in [0.5, 0.6) is 5.88 Å². The third-order valence-corrected chi connectivity index (χ3v) is 3.94. The molecule has 0 bridgehead atoms. The molecule has 114 valence electrons. The highest BCUT2D eigenvalue weighted by molar-refractivity contribution is 7.98. The molecule has 0 aliphatic carbocycles. The predicted octanol–water partition coefficient (Wildman–Crippen LogP) is 2.66. The van der Waals surface area contributed by atoms with E-state index in [4.69, 9.17) is 4.74 Å². The number of nitrogens with zero attached hydrogens (tertiary/aromatic N) is 5. The number of hydrogen-bond acceptors (Lipinski definition) is 6. The molecule has 0 aliphatic heterocycles. The Bertz CT molecular complexity index is 756. The second-order valence-electron chi connectivity index (χ2n) is 4.76. The number of aryl methyl sites for hydroxylation is 1. The first-order valence-electron chi connectivity index (χ1n) is 7.08. The minimum atomic E-state index is 0.354. The van der Waals surface area contributed by atoms with Crippen LogP contribution in [0, 0.1) is 6.92 Å². The van der Waals surface area contributed by atoms with Gasteiger partial charge in [-0.1, -0.05) is 6.92 Å². The Morgan fingerprint density at radius 2 is 2.14 bits per heavy atom. The molecule has 3 aromatic heterocycles. The molecule has 7 heteroatoms. The van der Waals surface area contributed by atoms with Crippen molar-refractivity contribution in [1.82, 2.24) is 24.6 Å². The van der Waals surface area contributed by atoms with E-state index in [0.29, 0.717) is 12.5 Å². The van der Waals surface area contributed by atoms with Gasteiger partial charge in [-0.25, -0.2) is 4.98 Å². The first kappa shape index (κ1) is 14.8. The average molecular weight is 315 g/mol. The molecule has 0 atom stereocenters. The van der Waals surface area contributed by atoms with Crippen molar-refractivity contribution in [2.45, 2.75) is 26.2 Å². The minimum absolute atomic E-state index is 0.354. The third-order valence-electron chi connectivity index (χ3n) is 3.04. The van der Waals surface area contributed by atoms with Crippen molar-refractivity contribution in [3.8, 4) is 5.88 Å². The molecule has 0 unspecified atom stereocenters. The van der Waals surface area contributed by atoms with Crippen LogP contribution in [0.2, 0.25) is 0 Å². The smallest absolute Gasteiger partial charge is 0.218 e. The van der Waals surface area contributed by atoms with Crippen molar-refractivity contribution in [3.63, 3.8) is 0 Å². The molecule has 0 spiro atoms. The maximum absolute atomic E-state index is 5.87. The maximum atomic E-state index is 5.87. The summed E-state index contributed by atoms with van der Waals surface area (Å²) in [6.45, 7) is 4.40. The summed E-state index contributed by atoms with van der Waals surface area (Å²) in [4.78, 5) is 13.1. The molecular formula is C15H17N5OS. The van der Waals surface area contributed by atoms with E-state index >= 15 is 0 Å². The predicted molar refractivity (Wildman–Crippen MR) is 85.9 cm³/mol. The summed E-state index contributed by atoms with van der Waals surface area (Å²) >= 11 is 1.83. The number of rotatable bonds is 6. The fourth-order valence-electron chi connectivity index (χ4n) is 1.96. The lowest BCUT2D eigenvalue weighted by Gasteiger charge is -2.09. The van der Waals surface area contributed by atoms with Gasteiger partial charge in [0.05, 0.1) is 29.5 Å². The molecule has 22 heavy (non-hydrogen) atoms. The lowest BCUT2D eigenvalue weighted by atomic mass is 10.4. The van der Waals surface area contributed by atoms with Gasteiger partial charge in [0, 0.05) is 24.1 Å². The van der Waals surface area contributed by atoms with Crippen LogP contribution in [0.4, 0.5) is 0 Å². The lowest BCUT2D eigenvalue weighted by Crippen LogP contribution is -2.05. The molecule has 0 amide bonds. The molecular weight excluding hydrogens is 298 g/mol. The van der Waals surface area contributed by atoms with Crippen molar-refractivity contribution in [1.29, 1.82) is 0 Å². The zero-order chi connectivity index (χ0) is 15.4. The first-order valence-corrected chi connectivity index (χ1v) is 8.23. The monoisotopic (exact) mass is 315 g/mol. The Kier molecular flexibility index (Phi) is 4.53. The van der Waals surface area contributed by atoms with Crippen LogP contribution in [0.1, 0.15) is 24.0 Å². The Hall–Kier alpha value is -2.15. The molecule has 3 aromatic rings. The molecule has 0 radical (unpaired) electrons. The van der Waals surface area contributed by atoms with E-state index in [1.165, 1.54) is 0 Å². The van der Waals surface area contributed by atoms with Gasteiger partial charge in [0.25, 0.3) is 0 Å². The van der Waals surface area contributed by atoms with Crippen molar-refractivity contribution in [2.24, 2.45) is 0 Å². The summed E-state index contributed by atoms with van der Waals surface area (Å²) < 4.78 is 7.57. The van der Waals surface area contributed by atoms with Crippen molar-refractivity contribution >= 4 is 17.4 Å². The van der Waals surface area contributed by atoms with E-state index in [1.54, 1.807) is 23.1 Å². The van der Waals surface area contributed by atoms with E-state index in [0.717, 1.165) is 34.2 Å². The van der Waals surface area contributed by atoms with Crippen LogP contribution in [0.15, 0.2) is 30.7 Å². The molecule has 6 nitrogen and oxygen atoms in total. The van der Waals surface area contributed by atoms with Gasteiger partial charge < -0.3 is 4.74 Å². The number of hydrogen-bond donors (Lipinski definition) is 0. The molecule has 3 rings (SSSR count). The van der Waals surface area contributed by atoms with E-state index in [-0.39, 0.29) is 0 Å². The molecule has 0 aliphatic rings. The quantitative estimate of drug-likeness (QED) is 0.697. The highest BCUT2D eigenvalue weighted by atomic mass is 32.2. The fourth-order valence-corrected chi connectivity index (χ4v) is 2.52. The summed E-state index contributed by atoms with van der Waals surface area (Å²) in [6.07, 6.45) is 5.18. The van der Waals surface area contributed by atoms with Gasteiger partial charge in [-0.2, -0.15) is 21.4 Å². The van der Waals surface area contributed by atoms with Crippen molar-refractivity contribution in [3.05, 3.63) is 47.8 Å². The van der Waals surface area contributed by atoms with E-state index in [2.05, 4.69) is 27.0 Å². The largest absolute Gasteiger partial charge is 0.471 e. The molecule has 0 saturated heterocycles. The summed E-state index contributed by atoms with van der Waals surface area (Å²) in [7, 11) is 0. The number of fused-ring (bicyclic) bond motifs is 1. The van der Waals surface area contributed by atoms with E-state index in [1.807, 2.05) is 30.8 Å². The zero-order valence-electron chi connectivity index (χ0n) is 12.6. The van der Waals surface area contributed by atoms with Crippen molar-refractivity contribution in [2.75, 3.05) is 5.75 Å². The number of aromatic nitrogens is 5. The SMILES string of the molecule is CCSCc1cc(OCc2cnc(C)cn2)n2nccc2n1. The Balaban J connectivity index is 1.81. The van der Waals surface area contributed by atoms with Gasteiger partial charge in [0.15, 0.2) is 5.65 Å². The summed E-state index contributed by atoms with van der Waals surface area (Å²) in [6, 6.07) is 3.81. The second-order valence-corrected chi connectivity index (χ2v) is 6.04.